The van der Waals surface area contributed by atoms with Crippen LogP contribution < -0.4 is 11.1 Å². The Morgan fingerprint density at radius 2 is 1.35 bits per heavy atom. The van der Waals surface area contributed by atoms with Gasteiger partial charge in [0.25, 0.3) is 0 Å². The van der Waals surface area contributed by atoms with Gasteiger partial charge in [-0.2, -0.15) is 0 Å². The summed E-state index contributed by atoms with van der Waals surface area (Å²) < 4.78 is 25.5. The number of anilines is 3. The van der Waals surface area contributed by atoms with E-state index in [4.69, 9.17) is 5.73 Å². The normalized spacial score (nSPS) is 11.1. The second-order valence-corrected chi connectivity index (χ2v) is 6.98. The molecule has 23 heavy (non-hydrogen) atoms. The lowest BCUT2D eigenvalue weighted by molar-refractivity contribution is 0.596. The number of sulfone groups is 1. The molecule has 0 atom stereocenters. The standard InChI is InChI=1S/C18H16N2O2S/c19-17-12-11-15(20-14-7-3-1-4-8-14)13-18(17)23(21,22)16-9-5-2-6-10-16/h1-13,20H,19H2. The number of rotatable bonds is 4. The largest absolute Gasteiger partial charge is 0.398 e. The van der Waals surface area contributed by atoms with Crippen LogP contribution in [0.3, 0.4) is 0 Å². The Hall–Kier alpha value is -2.79. The summed E-state index contributed by atoms with van der Waals surface area (Å²) in [6.07, 6.45) is 0. The Morgan fingerprint density at radius 1 is 0.739 bits per heavy atom. The van der Waals surface area contributed by atoms with Gasteiger partial charge in [0.1, 0.15) is 0 Å². The second-order valence-electron chi connectivity index (χ2n) is 5.06. The highest BCUT2D eigenvalue weighted by molar-refractivity contribution is 7.91. The average Bonchev–Trinajstić information content (AvgIpc) is 2.58. The summed E-state index contributed by atoms with van der Waals surface area (Å²) in [6, 6.07) is 22.7. The van der Waals surface area contributed by atoms with Crippen molar-refractivity contribution in [2.45, 2.75) is 9.79 Å². The van der Waals surface area contributed by atoms with Crippen LogP contribution >= 0.6 is 0 Å². The molecule has 3 N–H and O–H groups in total. The Balaban J connectivity index is 2.02. The maximum atomic E-state index is 12.8. The van der Waals surface area contributed by atoms with E-state index in [0.717, 1.165) is 5.69 Å². The quantitative estimate of drug-likeness (QED) is 0.715. The predicted molar refractivity (Wildman–Crippen MR) is 92.5 cm³/mol. The van der Waals surface area contributed by atoms with Crippen molar-refractivity contribution >= 4 is 26.9 Å². The zero-order valence-electron chi connectivity index (χ0n) is 12.3. The molecule has 0 bridgehead atoms. The molecule has 0 aliphatic carbocycles. The van der Waals surface area contributed by atoms with Gasteiger partial charge in [-0.05, 0) is 42.5 Å². The van der Waals surface area contributed by atoms with Gasteiger partial charge < -0.3 is 11.1 Å². The first-order valence-corrected chi connectivity index (χ1v) is 8.57. The van der Waals surface area contributed by atoms with E-state index in [-0.39, 0.29) is 15.5 Å². The number of nitrogen functional groups attached to an aromatic ring is 1. The molecule has 0 aliphatic rings. The number of hydrogen-bond acceptors (Lipinski definition) is 4. The van der Waals surface area contributed by atoms with Crippen LogP contribution in [0, 0.1) is 0 Å². The molecule has 3 aromatic carbocycles. The smallest absolute Gasteiger partial charge is 0.208 e. The molecule has 0 saturated heterocycles. The summed E-state index contributed by atoms with van der Waals surface area (Å²) in [5.74, 6) is 0. The van der Waals surface area contributed by atoms with Crippen LogP contribution in [0.25, 0.3) is 0 Å². The lowest BCUT2D eigenvalue weighted by Gasteiger charge is -2.11. The Kier molecular flexibility index (Phi) is 4.04. The van der Waals surface area contributed by atoms with E-state index in [0.29, 0.717) is 5.69 Å². The summed E-state index contributed by atoms with van der Waals surface area (Å²) >= 11 is 0. The molecule has 0 spiro atoms. The highest BCUT2D eigenvalue weighted by atomic mass is 32.2. The first-order chi connectivity index (χ1) is 11.1. The molecule has 3 aromatic rings. The van der Waals surface area contributed by atoms with Crippen LogP contribution in [0.5, 0.6) is 0 Å². The number of benzene rings is 3. The van der Waals surface area contributed by atoms with Crippen molar-refractivity contribution < 1.29 is 8.42 Å². The molecule has 0 unspecified atom stereocenters. The maximum Gasteiger partial charge on any atom is 0.208 e. The minimum Gasteiger partial charge on any atom is -0.398 e. The molecule has 0 aromatic heterocycles. The Morgan fingerprint density at radius 3 is 2.00 bits per heavy atom. The molecule has 0 fully saturated rings. The first kappa shape index (κ1) is 15.1. The van der Waals surface area contributed by atoms with E-state index >= 15 is 0 Å². The van der Waals surface area contributed by atoms with Crippen LogP contribution in [0.2, 0.25) is 0 Å². The maximum absolute atomic E-state index is 12.8. The first-order valence-electron chi connectivity index (χ1n) is 7.09. The van der Waals surface area contributed by atoms with E-state index in [1.807, 2.05) is 30.3 Å². The molecular formula is C18H16N2O2S. The van der Waals surface area contributed by atoms with Crippen molar-refractivity contribution in [2.24, 2.45) is 0 Å². The van der Waals surface area contributed by atoms with Crippen LogP contribution in [0.4, 0.5) is 17.1 Å². The van der Waals surface area contributed by atoms with Crippen molar-refractivity contribution in [1.82, 2.24) is 0 Å². The average molecular weight is 324 g/mol. The molecule has 116 valence electrons. The van der Waals surface area contributed by atoms with Crippen LogP contribution in [0.15, 0.2) is 88.7 Å². The van der Waals surface area contributed by atoms with Gasteiger partial charge in [0, 0.05) is 11.4 Å². The minimum absolute atomic E-state index is 0.102. The molecule has 5 heteroatoms. The molecule has 4 nitrogen and oxygen atoms in total. The fourth-order valence-electron chi connectivity index (χ4n) is 2.26. The fraction of sp³-hybridized carbons (Fsp3) is 0. The second kappa shape index (κ2) is 6.14. The molecule has 0 radical (unpaired) electrons. The molecular weight excluding hydrogens is 308 g/mol. The molecule has 0 aliphatic heterocycles. The SMILES string of the molecule is Nc1ccc(Nc2ccccc2)cc1S(=O)(=O)c1ccccc1. The minimum atomic E-state index is -3.65. The Bertz CT molecular complexity index is 908. The van der Waals surface area contributed by atoms with Crippen molar-refractivity contribution in [3.63, 3.8) is 0 Å². The number of nitrogens with two attached hydrogens (primary N) is 1. The number of para-hydroxylation sites is 1. The third kappa shape index (κ3) is 3.19. The molecule has 0 heterocycles. The molecule has 0 amide bonds. The van der Waals surface area contributed by atoms with Gasteiger partial charge in [-0.15, -0.1) is 0 Å². The zero-order valence-corrected chi connectivity index (χ0v) is 13.1. The van der Waals surface area contributed by atoms with Crippen molar-refractivity contribution in [1.29, 1.82) is 0 Å². The van der Waals surface area contributed by atoms with Gasteiger partial charge >= 0.3 is 0 Å². The molecule has 3 rings (SSSR count). The van der Waals surface area contributed by atoms with Crippen LogP contribution in [0.1, 0.15) is 0 Å². The van der Waals surface area contributed by atoms with Crippen molar-refractivity contribution in [3.8, 4) is 0 Å². The van der Waals surface area contributed by atoms with Gasteiger partial charge in [0.15, 0.2) is 0 Å². The van der Waals surface area contributed by atoms with E-state index in [1.165, 1.54) is 0 Å². The Labute approximate surface area is 135 Å². The van der Waals surface area contributed by atoms with Gasteiger partial charge in [0.05, 0.1) is 15.5 Å². The number of nitrogens with one attached hydrogen (secondary N) is 1. The highest BCUT2D eigenvalue weighted by Crippen LogP contribution is 2.29. The van der Waals surface area contributed by atoms with E-state index in [9.17, 15) is 8.42 Å². The van der Waals surface area contributed by atoms with Crippen molar-refractivity contribution in [2.75, 3.05) is 11.1 Å². The van der Waals surface area contributed by atoms with Gasteiger partial charge in [-0.3, -0.25) is 0 Å². The third-order valence-corrected chi connectivity index (χ3v) is 5.24. The summed E-state index contributed by atoms with van der Waals surface area (Å²) in [7, 11) is -3.65. The summed E-state index contributed by atoms with van der Waals surface area (Å²) in [6.45, 7) is 0. The van der Waals surface area contributed by atoms with E-state index in [2.05, 4.69) is 5.32 Å². The van der Waals surface area contributed by atoms with Gasteiger partial charge in [-0.1, -0.05) is 36.4 Å². The summed E-state index contributed by atoms with van der Waals surface area (Å²) in [5.41, 5.74) is 7.67. The lowest BCUT2D eigenvalue weighted by atomic mass is 10.2. The zero-order chi connectivity index (χ0) is 16.3. The van der Waals surface area contributed by atoms with E-state index < -0.39 is 9.84 Å². The number of hydrogen-bond donors (Lipinski definition) is 2. The fourth-order valence-corrected chi connectivity index (χ4v) is 3.69. The van der Waals surface area contributed by atoms with Crippen LogP contribution in [-0.2, 0) is 9.84 Å². The lowest BCUT2D eigenvalue weighted by Crippen LogP contribution is -2.06. The third-order valence-electron chi connectivity index (χ3n) is 3.42. The topological polar surface area (TPSA) is 72.2 Å². The predicted octanol–water partition coefficient (Wildman–Crippen LogP) is 3.85. The highest BCUT2D eigenvalue weighted by Gasteiger charge is 2.20. The van der Waals surface area contributed by atoms with Crippen molar-refractivity contribution in [3.05, 3.63) is 78.9 Å². The van der Waals surface area contributed by atoms with Crippen LogP contribution in [-0.4, -0.2) is 8.42 Å². The molecule has 0 saturated carbocycles. The van der Waals surface area contributed by atoms with Gasteiger partial charge in [0.2, 0.25) is 9.84 Å². The van der Waals surface area contributed by atoms with E-state index in [1.54, 1.807) is 48.5 Å². The monoisotopic (exact) mass is 324 g/mol. The van der Waals surface area contributed by atoms with Gasteiger partial charge in [-0.25, -0.2) is 8.42 Å². The summed E-state index contributed by atoms with van der Waals surface area (Å²) in [5, 5.41) is 3.18. The summed E-state index contributed by atoms with van der Waals surface area (Å²) in [4.78, 5) is 0.327.